The number of nitrogens with two attached hydrogens (primary N) is 1. The van der Waals surface area contributed by atoms with Crippen LogP contribution in [0.1, 0.15) is 20.8 Å². The Morgan fingerprint density at radius 1 is 1.44 bits per heavy atom. The Morgan fingerprint density at radius 3 is 2.61 bits per heavy atom. The highest BCUT2D eigenvalue weighted by Gasteiger charge is 2.19. The first-order valence-corrected chi connectivity index (χ1v) is 6.47. The number of halogens is 1. The number of anilines is 2. The number of nitrogens with zero attached hydrogens (tertiary/aromatic N) is 1. The zero-order chi connectivity index (χ0) is 13.7. The molecule has 5 heteroatoms. The van der Waals surface area contributed by atoms with Gasteiger partial charge in [-0.25, -0.2) is 0 Å². The first-order chi connectivity index (χ1) is 8.49. The zero-order valence-corrected chi connectivity index (χ0v) is 11.8. The molecule has 0 aliphatic rings. The highest BCUT2D eigenvalue weighted by molar-refractivity contribution is 6.31. The molecule has 1 aromatic carbocycles. The topological polar surface area (TPSA) is 58.4 Å². The van der Waals surface area contributed by atoms with E-state index >= 15 is 0 Å². The summed E-state index contributed by atoms with van der Waals surface area (Å²) in [7, 11) is 0. The van der Waals surface area contributed by atoms with Crippen molar-refractivity contribution in [2.45, 2.75) is 26.8 Å². The predicted octanol–water partition coefficient (Wildman–Crippen LogP) is 2.59. The average Bonchev–Trinajstić information content (AvgIpc) is 2.35. The summed E-state index contributed by atoms with van der Waals surface area (Å²) >= 11 is 5.88. The van der Waals surface area contributed by atoms with Crippen molar-refractivity contribution < 1.29 is 4.79 Å². The molecule has 0 heterocycles. The lowest BCUT2D eigenvalue weighted by molar-refractivity contribution is -0.120. The van der Waals surface area contributed by atoms with Gasteiger partial charge in [0.2, 0.25) is 5.91 Å². The molecular formula is C13H20ClN3O. The van der Waals surface area contributed by atoms with Crippen molar-refractivity contribution in [1.82, 2.24) is 4.90 Å². The second-order valence-corrected chi connectivity index (χ2v) is 4.55. The SMILES string of the molecule is CCN(CC)C(C)C(=O)Nc1cc(Cl)ccc1N. The number of amides is 1. The van der Waals surface area contributed by atoms with Crippen molar-refractivity contribution in [1.29, 1.82) is 0 Å². The van der Waals surface area contributed by atoms with E-state index in [2.05, 4.69) is 10.2 Å². The second-order valence-electron chi connectivity index (χ2n) is 4.12. The molecule has 0 bridgehead atoms. The van der Waals surface area contributed by atoms with E-state index < -0.39 is 0 Å². The van der Waals surface area contributed by atoms with Crippen LogP contribution in [0.4, 0.5) is 11.4 Å². The largest absolute Gasteiger partial charge is 0.397 e. The van der Waals surface area contributed by atoms with Crippen LogP contribution in [0.15, 0.2) is 18.2 Å². The maximum atomic E-state index is 12.1. The molecule has 0 aliphatic carbocycles. The molecule has 0 aromatic heterocycles. The van der Waals surface area contributed by atoms with E-state index in [-0.39, 0.29) is 11.9 Å². The molecule has 0 radical (unpaired) electrons. The fourth-order valence-electron chi connectivity index (χ4n) is 1.81. The Bertz CT molecular complexity index is 419. The summed E-state index contributed by atoms with van der Waals surface area (Å²) in [6, 6.07) is 4.84. The maximum absolute atomic E-state index is 12.1. The first kappa shape index (κ1) is 14.8. The summed E-state index contributed by atoms with van der Waals surface area (Å²) in [6.45, 7) is 7.59. The van der Waals surface area contributed by atoms with Crippen LogP contribution < -0.4 is 11.1 Å². The summed E-state index contributed by atoms with van der Waals surface area (Å²) in [5, 5.41) is 3.36. The molecule has 1 rings (SSSR count). The van der Waals surface area contributed by atoms with E-state index in [0.29, 0.717) is 16.4 Å². The van der Waals surface area contributed by atoms with Gasteiger partial charge in [-0.2, -0.15) is 0 Å². The number of likely N-dealkylation sites (N-methyl/N-ethyl adjacent to an activating group) is 1. The maximum Gasteiger partial charge on any atom is 0.241 e. The van der Waals surface area contributed by atoms with Crippen LogP contribution in [0, 0.1) is 0 Å². The number of carbonyl (C=O) groups is 1. The molecule has 1 amide bonds. The Balaban J connectivity index is 2.78. The fraction of sp³-hybridized carbons (Fsp3) is 0.462. The van der Waals surface area contributed by atoms with Crippen LogP contribution in [-0.4, -0.2) is 29.9 Å². The summed E-state index contributed by atoms with van der Waals surface area (Å²) < 4.78 is 0. The molecular weight excluding hydrogens is 250 g/mol. The molecule has 3 N–H and O–H groups in total. The highest BCUT2D eigenvalue weighted by Crippen LogP contribution is 2.23. The fourth-order valence-corrected chi connectivity index (χ4v) is 1.98. The lowest BCUT2D eigenvalue weighted by Crippen LogP contribution is -2.41. The average molecular weight is 270 g/mol. The minimum absolute atomic E-state index is 0.0762. The molecule has 1 aromatic rings. The van der Waals surface area contributed by atoms with Crippen LogP contribution in [-0.2, 0) is 4.79 Å². The van der Waals surface area contributed by atoms with Gasteiger partial charge in [0.1, 0.15) is 0 Å². The smallest absolute Gasteiger partial charge is 0.241 e. The van der Waals surface area contributed by atoms with Crippen LogP contribution in [0.2, 0.25) is 5.02 Å². The normalized spacial score (nSPS) is 12.5. The predicted molar refractivity (Wildman–Crippen MR) is 76.9 cm³/mol. The van der Waals surface area contributed by atoms with Crippen molar-refractivity contribution in [3.05, 3.63) is 23.2 Å². The van der Waals surface area contributed by atoms with E-state index in [1.165, 1.54) is 0 Å². The van der Waals surface area contributed by atoms with Gasteiger partial charge in [0, 0.05) is 5.02 Å². The molecule has 0 saturated carbocycles. The van der Waals surface area contributed by atoms with Crippen molar-refractivity contribution in [3.8, 4) is 0 Å². The number of nitrogen functional groups attached to an aromatic ring is 1. The second kappa shape index (κ2) is 6.61. The van der Waals surface area contributed by atoms with Crippen molar-refractivity contribution >= 4 is 28.9 Å². The highest BCUT2D eigenvalue weighted by atomic mass is 35.5. The number of hydrogen-bond donors (Lipinski definition) is 2. The zero-order valence-electron chi connectivity index (χ0n) is 11.0. The molecule has 18 heavy (non-hydrogen) atoms. The molecule has 0 aliphatic heterocycles. The third kappa shape index (κ3) is 3.62. The van der Waals surface area contributed by atoms with Crippen LogP contribution in [0.25, 0.3) is 0 Å². The lowest BCUT2D eigenvalue weighted by atomic mass is 10.2. The quantitative estimate of drug-likeness (QED) is 0.808. The van der Waals surface area contributed by atoms with Gasteiger partial charge < -0.3 is 11.1 Å². The standard InChI is InChI=1S/C13H20ClN3O/c1-4-17(5-2)9(3)13(18)16-12-8-10(14)6-7-11(12)15/h6-9H,4-5,15H2,1-3H3,(H,16,18). The first-order valence-electron chi connectivity index (χ1n) is 6.09. The third-order valence-electron chi connectivity index (χ3n) is 3.01. The van der Waals surface area contributed by atoms with Crippen LogP contribution in [0.5, 0.6) is 0 Å². The summed E-state index contributed by atoms with van der Waals surface area (Å²) in [4.78, 5) is 14.1. The number of benzene rings is 1. The van der Waals surface area contributed by atoms with E-state index in [1.54, 1.807) is 18.2 Å². The molecule has 0 saturated heterocycles. The lowest BCUT2D eigenvalue weighted by Gasteiger charge is -2.25. The van der Waals surface area contributed by atoms with Crippen molar-refractivity contribution in [2.75, 3.05) is 24.1 Å². The monoisotopic (exact) mass is 269 g/mol. The Labute approximate surface area is 113 Å². The van der Waals surface area contributed by atoms with Gasteiger partial charge in [-0.1, -0.05) is 25.4 Å². The van der Waals surface area contributed by atoms with E-state index in [1.807, 2.05) is 20.8 Å². The van der Waals surface area contributed by atoms with Gasteiger partial charge in [-0.15, -0.1) is 0 Å². The number of hydrogen-bond acceptors (Lipinski definition) is 3. The molecule has 4 nitrogen and oxygen atoms in total. The van der Waals surface area contributed by atoms with Gasteiger partial charge in [-0.3, -0.25) is 9.69 Å². The van der Waals surface area contributed by atoms with E-state index in [9.17, 15) is 4.79 Å². The van der Waals surface area contributed by atoms with Crippen molar-refractivity contribution in [2.24, 2.45) is 0 Å². The third-order valence-corrected chi connectivity index (χ3v) is 3.25. The Morgan fingerprint density at radius 2 is 2.06 bits per heavy atom. The van der Waals surface area contributed by atoms with Gasteiger partial charge >= 0.3 is 0 Å². The van der Waals surface area contributed by atoms with Gasteiger partial charge in [0.15, 0.2) is 0 Å². The summed E-state index contributed by atoms with van der Waals surface area (Å²) in [5.74, 6) is -0.0762. The minimum atomic E-state index is -0.196. The van der Waals surface area contributed by atoms with Crippen LogP contribution >= 0.6 is 11.6 Å². The molecule has 0 spiro atoms. The number of carbonyl (C=O) groups excluding carboxylic acids is 1. The Kier molecular flexibility index (Phi) is 5.44. The molecule has 100 valence electrons. The van der Waals surface area contributed by atoms with E-state index in [0.717, 1.165) is 13.1 Å². The van der Waals surface area contributed by atoms with Gasteiger partial charge in [0.05, 0.1) is 17.4 Å². The number of rotatable bonds is 5. The summed E-state index contributed by atoms with van der Waals surface area (Å²) in [6.07, 6.45) is 0. The van der Waals surface area contributed by atoms with Crippen molar-refractivity contribution in [3.63, 3.8) is 0 Å². The minimum Gasteiger partial charge on any atom is -0.397 e. The Hall–Kier alpha value is -1.26. The molecule has 1 unspecified atom stereocenters. The van der Waals surface area contributed by atoms with Crippen LogP contribution in [0.3, 0.4) is 0 Å². The van der Waals surface area contributed by atoms with E-state index in [4.69, 9.17) is 17.3 Å². The number of nitrogens with one attached hydrogen (secondary N) is 1. The van der Waals surface area contributed by atoms with Gasteiger partial charge in [-0.05, 0) is 38.2 Å². The summed E-state index contributed by atoms with van der Waals surface area (Å²) in [5.41, 5.74) is 6.87. The molecule has 0 fully saturated rings. The molecule has 1 atom stereocenters. The van der Waals surface area contributed by atoms with Gasteiger partial charge in [0.25, 0.3) is 0 Å².